The van der Waals surface area contributed by atoms with Crippen LogP contribution in [0.5, 0.6) is 23.0 Å². The summed E-state index contributed by atoms with van der Waals surface area (Å²) < 4.78 is 12.6. The summed E-state index contributed by atoms with van der Waals surface area (Å²) in [5, 5.41) is 0.546. The molecule has 1 aromatic heterocycles. The van der Waals surface area contributed by atoms with Gasteiger partial charge in [-0.1, -0.05) is 23.5 Å². The molecule has 1 aliphatic heterocycles. The number of hydrogen-bond acceptors (Lipinski definition) is 5. The zero-order valence-corrected chi connectivity index (χ0v) is 10.0. The van der Waals surface area contributed by atoms with E-state index < -0.39 is 0 Å². The fourth-order valence-electron chi connectivity index (χ4n) is 1.97. The van der Waals surface area contributed by atoms with Crippen molar-refractivity contribution in [2.75, 3.05) is 5.73 Å². The average Bonchev–Trinajstić information content (AvgIpc) is 2.72. The van der Waals surface area contributed by atoms with E-state index in [0.717, 1.165) is 16.0 Å². The van der Waals surface area contributed by atoms with Crippen LogP contribution in [0.15, 0.2) is 36.4 Å². The van der Waals surface area contributed by atoms with Crippen LogP contribution in [0, 0.1) is 0 Å². The summed E-state index contributed by atoms with van der Waals surface area (Å²) in [6.45, 7) is 0. The van der Waals surface area contributed by atoms with Gasteiger partial charge < -0.3 is 15.2 Å². The number of aromatic nitrogens is 1. The molecule has 0 bridgehead atoms. The number of para-hydroxylation sites is 2. The van der Waals surface area contributed by atoms with E-state index in [9.17, 15) is 0 Å². The Morgan fingerprint density at radius 2 is 1.61 bits per heavy atom. The van der Waals surface area contributed by atoms with E-state index in [1.165, 1.54) is 11.3 Å². The Hall–Kier alpha value is -2.27. The number of nitrogens with zero attached hydrogens (tertiary/aromatic N) is 1. The minimum absolute atomic E-state index is 0.546. The number of nitrogens with two attached hydrogens (primary N) is 1. The molecule has 0 saturated heterocycles. The third kappa shape index (κ3) is 1.34. The first-order chi connectivity index (χ1) is 8.79. The second kappa shape index (κ2) is 3.36. The normalized spacial score (nSPS) is 12.4. The highest BCUT2D eigenvalue weighted by Gasteiger charge is 2.19. The molecule has 18 heavy (non-hydrogen) atoms. The molecule has 3 aromatic rings. The monoisotopic (exact) mass is 256 g/mol. The standard InChI is InChI=1S/C13H8N2O2S/c14-13-15-7-5-10-11(6-12(7)18-13)17-9-4-2-1-3-8(9)16-10/h1-6H,(H2,14,15). The molecule has 4 rings (SSSR count). The van der Waals surface area contributed by atoms with Crippen LogP contribution in [0.3, 0.4) is 0 Å². The van der Waals surface area contributed by atoms with Crippen LogP contribution in [-0.2, 0) is 0 Å². The summed E-state index contributed by atoms with van der Waals surface area (Å²) in [6.07, 6.45) is 0. The average molecular weight is 256 g/mol. The molecular weight excluding hydrogens is 248 g/mol. The molecule has 0 aliphatic carbocycles. The van der Waals surface area contributed by atoms with Crippen LogP contribution in [0.4, 0.5) is 5.13 Å². The van der Waals surface area contributed by atoms with E-state index in [0.29, 0.717) is 22.4 Å². The van der Waals surface area contributed by atoms with Crippen LogP contribution < -0.4 is 15.2 Å². The second-order valence-electron chi connectivity index (χ2n) is 3.97. The smallest absolute Gasteiger partial charge is 0.181 e. The van der Waals surface area contributed by atoms with Gasteiger partial charge in [-0.25, -0.2) is 4.98 Å². The van der Waals surface area contributed by atoms with Crippen LogP contribution in [-0.4, -0.2) is 4.98 Å². The van der Waals surface area contributed by atoms with Gasteiger partial charge >= 0.3 is 0 Å². The lowest BCUT2D eigenvalue weighted by Crippen LogP contribution is -1.98. The van der Waals surface area contributed by atoms with Gasteiger partial charge in [0.2, 0.25) is 0 Å². The molecule has 2 N–H and O–H groups in total. The van der Waals surface area contributed by atoms with Gasteiger partial charge in [0.1, 0.15) is 0 Å². The predicted octanol–water partition coefficient (Wildman–Crippen LogP) is 3.78. The Kier molecular flexibility index (Phi) is 1.82. The lowest BCUT2D eigenvalue weighted by Gasteiger charge is -2.19. The van der Waals surface area contributed by atoms with Crippen molar-refractivity contribution in [3.8, 4) is 23.0 Å². The summed E-state index contributed by atoms with van der Waals surface area (Å²) in [7, 11) is 0. The van der Waals surface area contributed by atoms with Gasteiger partial charge in [0.15, 0.2) is 28.1 Å². The van der Waals surface area contributed by atoms with Crippen molar-refractivity contribution in [3.05, 3.63) is 36.4 Å². The molecule has 0 spiro atoms. The number of thiazole rings is 1. The number of anilines is 1. The van der Waals surface area contributed by atoms with Gasteiger partial charge in [-0.15, -0.1) is 0 Å². The Bertz CT molecular complexity index is 705. The van der Waals surface area contributed by atoms with E-state index in [1.54, 1.807) is 0 Å². The van der Waals surface area contributed by atoms with Gasteiger partial charge in [0.05, 0.1) is 10.2 Å². The first-order valence-corrected chi connectivity index (χ1v) is 6.26. The third-order valence-electron chi connectivity index (χ3n) is 2.76. The van der Waals surface area contributed by atoms with Gasteiger partial charge in [-0.05, 0) is 12.1 Å². The van der Waals surface area contributed by atoms with Gasteiger partial charge in [-0.2, -0.15) is 0 Å². The first-order valence-electron chi connectivity index (χ1n) is 5.44. The summed E-state index contributed by atoms with van der Waals surface area (Å²) in [6, 6.07) is 11.3. The maximum absolute atomic E-state index is 5.81. The highest BCUT2D eigenvalue weighted by atomic mass is 32.1. The number of ether oxygens (including phenoxy) is 2. The quantitative estimate of drug-likeness (QED) is 0.520. The second-order valence-corrected chi connectivity index (χ2v) is 5.03. The highest BCUT2D eigenvalue weighted by Crippen LogP contribution is 2.47. The topological polar surface area (TPSA) is 57.4 Å². The molecule has 0 saturated carbocycles. The number of rotatable bonds is 0. The lowest BCUT2D eigenvalue weighted by molar-refractivity contribution is 0.360. The summed E-state index contributed by atoms with van der Waals surface area (Å²) in [5.41, 5.74) is 6.53. The Labute approximate surface area is 107 Å². The van der Waals surface area contributed by atoms with E-state index in [4.69, 9.17) is 15.2 Å². The van der Waals surface area contributed by atoms with Crippen molar-refractivity contribution in [3.63, 3.8) is 0 Å². The number of benzene rings is 2. The Morgan fingerprint density at radius 3 is 2.33 bits per heavy atom. The SMILES string of the molecule is Nc1nc2cc3c(cc2s1)Oc1ccccc1O3. The summed E-state index contributed by atoms with van der Waals surface area (Å²) in [4.78, 5) is 4.24. The molecule has 4 nitrogen and oxygen atoms in total. The molecule has 0 unspecified atom stereocenters. The fraction of sp³-hybridized carbons (Fsp3) is 0. The summed E-state index contributed by atoms with van der Waals surface area (Å²) in [5.74, 6) is 2.81. The minimum Gasteiger partial charge on any atom is -0.449 e. The third-order valence-corrected chi connectivity index (χ3v) is 3.61. The lowest BCUT2D eigenvalue weighted by atomic mass is 10.2. The first kappa shape index (κ1) is 9.73. The zero-order valence-electron chi connectivity index (χ0n) is 9.21. The van der Waals surface area contributed by atoms with Crippen molar-refractivity contribution < 1.29 is 9.47 Å². The van der Waals surface area contributed by atoms with E-state index >= 15 is 0 Å². The molecule has 2 heterocycles. The fourth-order valence-corrected chi connectivity index (χ4v) is 2.71. The Morgan fingerprint density at radius 1 is 0.944 bits per heavy atom. The molecule has 0 fully saturated rings. The largest absolute Gasteiger partial charge is 0.449 e. The molecule has 0 atom stereocenters. The molecule has 1 aliphatic rings. The van der Waals surface area contributed by atoms with Crippen molar-refractivity contribution in [2.45, 2.75) is 0 Å². The van der Waals surface area contributed by atoms with Crippen molar-refractivity contribution in [1.82, 2.24) is 4.98 Å². The maximum Gasteiger partial charge on any atom is 0.181 e. The van der Waals surface area contributed by atoms with Crippen LogP contribution in [0.1, 0.15) is 0 Å². The summed E-state index contributed by atoms with van der Waals surface area (Å²) >= 11 is 1.44. The van der Waals surface area contributed by atoms with Crippen molar-refractivity contribution in [2.24, 2.45) is 0 Å². The number of nitrogen functional groups attached to an aromatic ring is 1. The number of fused-ring (bicyclic) bond motifs is 3. The van der Waals surface area contributed by atoms with Crippen LogP contribution in [0.2, 0.25) is 0 Å². The molecular formula is C13H8N2O2S. The van der Waals surface area contributed by atoms with Crippen molar-refractivity contribution in [1.29, 1.82) is 0 Å². The van der Waals surface area contributed by atoms with Gasteiger partial charge in [-0.3, -0.25) is 0 Å². The van der Waals surface area contributed by atoms with Crippen LogP contribution >= 0.6 is 11.3 Å². The van der Waals surface area contributed by atoms with E-state index in [1.807, 2.05) is 36.4 Å². The zero-order chi connectivity index (χ0) is 12.1. The molecule has 0 radical (unpaired) electrons. The predicted molar refractivity (Wildman–Crippen MR) is 70.6 cm³/mol. The van der Waals surface area contributed by atoms with E-state index in [-0.39, 0.29) is 0 Å². The minimum atomic E-state index is 0.546. The molecule has 0 amide bonds. The van der Waals surface area contributed by atoms with Crippen molar-refractivity contribution >= 4 is 26.7 Å². The number of hydrogen-bond donors (Lipinski definition) is 1. The van der Waals surface area contributed by atoms with Gasteiger partial charge in [0, 0.05) is 12.1 Å². The van der Waals surface area contributed by atoms with Gasteiger partial charge in [0.25, 0.3) is 0 Å². The molecule has 5 heteroatoms. The maximum atomic E-state index is 5.81. The highest BCUT2D eigenvalue weighted by molar-refractivity contribution is 7.22. The Balaban J connectivity index is 1.92. The molecule has 88 valence electrons. The van der Waals surface area contributed by atoms with E-state index in [2.05, 4.69) is 4.98 Å². The molecule has 2 aromatic carbocycles. The van der Waals surface area contributed by atoms with Crippen LogP contribution in [0.25, 0.3) is 10.2 Å².